The summed E-state index contributed by atoms with van der Waals surface area (Å²) in [4.78, 5) is 24.2. The van der Waals surface area contributed by atoms with Crippen LogP contribution < -0.4 is 5.32 Å². The number of carbonyl (C=O) groups is 2. The molecule has 1 unspecified atom stereocenters. The molecule has 1 aromatic heterocycles. The molecule has 1 heterocycles. The van der Waals surface area contributed by atoms with E-state index in [4.69, 9.17) is 4.42 Å². The highest BCUT2D eigenvalue weighted by atomic mass is 16.4. The number of nitrogens with one attached hydrogen (secondary N) is 1. The van der Waals surface area contributed by atoms with E-state index < -0.39 is 17.9 Å². The molecule has 1 aromatic carbocycles. The third kappa shape index (κ3) is 3.50. The number of amides is 1. The summed E-state index contributed by atoms with van der Waals surface area (Å²) >= 11 is 0. The number of benzene rings is 1. The van der Waals surface area contributed by atoms with Crippen LogP contribution in [0.1, 0.15) is 64.4 Å². The van der Waals surface area contributed by atoms with Crippen LogP contribution in [0.2, 0.25) is 0 Å². The Hall–Kier alpha value is -2.56. The molecule has 24 heavy (non-hydrogen) atoms. The third-order valence-electron chi connectivity index (χ3n) is 4.23. The van der Waals surface area contributed by atoms with E-state index in [1.54, 1.807) is 25.1 Å². The van der Waals surface area contributed by atoms with Gasteiger partial charge in [-0.05, 0) is 43.5 Å². The lowest BCUT2D eigenvalue weighted by atomic mass is 9.97. The monoisotopic (exact) mass is 329 g/mol. The minimum atomic E-state index is -1.10. The van der Waals surface area contributed by atoms with Gasteiger partial charge in [0.2, 0.25) is 0 Å². The van der Waals surface area contributed by atoms with E-state index in [0.29, 0.717) is 22.6 Å². The number of furan rings is 1. The van der Waals surface area contributed by atoms with Gasteiger partial charge in [0, 0.05) is 5.92 Å². The zero-order valence-electron chi connectivity index (χ0n) is 14.6. The van der Waals surface area contributed by atoms with Crippen molar-refractivity contribution in [1.29, 1.82) is 0 Å². The highest BCUT2D eigenvalue weighted by molar-refractivity contribution is 5.97. The standard InChI is InChI=1S/C19H23NO4/c1-10(2)16-9-15(13(5)24-16)18(21)20-17(19(22)23)14-8-6-7-11(3)12(14)4/h6-10,17H,1-5H3,(H,20,21)(H,22,23). The Kier molecular flexibility index (Phi) is 5.12. The Morgan fingerprint density at radius 3 is 2.38 bits per heavy atom. The summed E-state index contributed by atoms with van der Waals surface area (Å²) in [5, 5.41) is 12.2. The number of hydrogen-bond donors (Lipinski definition) is 2. The van der Waals surface area contributed by atoms with Gasteiger partial charge in [0.05, 0.1) is 5.56 Å². The first-order valence-electron chi connectivity index (χ1n) is 7.92. The second-order valence-electron chi connectivity index (χ2n) is 6.31. The molecule has 5 nitrogen and oxygen atoms in total. The average molecular weight is 329 g/mol. The number of carboxylic acids is 1. The Morgan fingerprint density at radius 2 is 1.83 bits per heavy atom. The molecule has 0 bridgehead atoms. The smallest absolute Gasteiger partial charge is 0.330 e. The molecule has 0 aliphatic heterocycles. The Labute approximate surface area is 141 Å². The maximum atomic E-state index is 12.6. The second-order valence-corrected chi connectivity index (χ2v) is 6.31. The topological polar surface area (TPSA) is 79.5 Å². The fourth-order valence-electron chi connectivity index (χ4n) is 2.58. The van der Waals surface area contributed by atoms with Crippen LogP contribution in [0.5, 0.6) is 0 Å². The van der Waals surface area contributed by atoms with Crippen molar-refractivity contribution in [2.75, 3.05) is 0 Å². The first-order chi connectivity index (χ1) is 11.2. The number of carboxylic acid groups (broad SMARTS) is 1. The fourth-order valence-corrected chi connectivity index (χ4v) is 2.58. The lowest BCUT2D eigenvalue weighted by Gasteiger charge is -2.18. The van der Waals surface area contributed by atoms with E-state index in [1.165, 1.54) is 0 Å². The van der Waals surface area contributed by atoms with Gasteiger partial charge in [0.15, 0.2) is 6.04 Å². The van der Waals surface area contributed by atoms with Gasteiger partial charge in [-0.15, -0.1) is 0 Å². The third-order valence-corrected chi connectivity index (χ3v) is 4.23. The average Bonchev–Trinajstić information content (AvgIpc) is 2.90. The van der Waals surface area contributed by atoms with Crippen molar-refractivity contribution in [3.63, 3.8) is 0 Å². The minimum Gasteiger partial charge on any atom is -0.479 e. The van der Waals surface area contributed by atoms with E-state index >= 15 is 0 Å². The molecule has 5 heteroatoms. The summed E-state index contributed by atoms with van der Waals surface area (Å²) < 4.78 is 5.58. The summed E-state index contributed by atoms with van der Waals surface area (Å²) in [5.74, 6) is -0.198. The predicted octanol–water partition coefficient (Wildman–Crippen LogP) is 3.88. The molecule has 0 radical (unpaired) electrons. The molecule has 1 amide bonds. The molecule has 0 spiro atoms. The number of aryl methyl sites for hydroxylation is 2. The van der Waals surface area contributed by atoms with Crippen molar-refractivity contribution < 1.29 is 19.1 Å². The molecule has 0 aliphatic rings. The molecular formula is C19H23NO4. The SMILES string of the molecule is Cc1cccc(C(NC(=O)c2cc(C(C)C)oc2C)C(=O)O)c1C. The van der Waals surface area contributed by atoms with Gasteiger partial charge in [0.25, 0.3) is 5.91 Å². The van der Waals surface area contributed by atoms with Gasteiger partial charge in [-0.2, -0.15) is 0 Å². The maximum Gasteiger partial charge on any atom is 0.330 e. The van der Waals surface area contributed by atoms with Gasteiger partial charge < -0.3 is 14.8 Å². The summed E-state index contributed by atoms with van der Waals surface area (Å²) in [6, 6.07) is 6.00. The van der Waals surface area contributed by atoms with Gasteiger partial charge in [-0.1, -0.05) is 32.0 Å². The van der Waals surface area contributed by atoms with Crippen LogP contribution in [0.3, 0.4) is 0 Å². The summed E-state index contributed by atoms with van der Waals surface area (Å²) in [7, 11) is 0. The summed E-state index contributed by atoms with van der Waals surface area (Å²) in [6.07, 6.45) is 0. The molecule has 0 aliphatic carbocycles. The van der Waals surface area contributed by atoms with Crippen LogP contribution >= 0.6 is 0 Å². The van der Waals surface area contributed by atoms with E-state index in [9.17, 15) is 14.7 Å². The van der Waals surface area contributed by atoms with Crippen LogP contribution in [0.25, 0.3) is 0 Å². The van der Waals surface area contributed by atoms with E-state index in [-0.39, 0.29) is 5.92 Å². The first kappa shape index (κ1) is 17.8. The van der Waals surface area contributed by atoms with Crippen molar-refractivity contribution in [2.45, 2.75) is 46.6 Å². The van der Waals surface area contributed by atoms with E-state index in [0.717, 1.165) is 11.1 Å². The predicted molar refractivity (Wildman–Crippen MR) is 91.3 cm³/mol. The largest absolute Gasteiger partial charge is 0.479 e. The summed E-state index contributed by atoms with van der Waals surface area (Å²) in [6.45, 7) is 9.40. The van der Waals surface area contributed by atoms with Crippen molar-refractivity contribution in [1.82, 2.24) is 5.32 Å². The van der Waals surface area contributed by atoms with Crippen LogP contribution in [0, 0.1) is 20.8 Å². The fraction of sp³-hybridized carbons (Fsp3) is 0.368. The molecule has 0 fully saturated rings. The van der Waals surface area contributed by atoms with E-state index in [2.05, 4.69) is 5.32 Å². The number of hydrogen-bond acceptors (Lipinski definition) is 3. The molecule has 2 aromatic rings. The lowest BCUT2D eigenvalue weighted by molar-refractivity contribution is -0.139. The minimum absolute atomic E-state index is 0.152. The van der Waals surface area contributed by atoms with Gasteiger partial charge in [-0.25, -0.2) is 4.79 Å². The molecule has 2 N–H and O–H groups in total. The highest BCUT2D eigenvalue weighted by Crippen LogP contribution is 2.24. The Bertz CT molecular complexity index is 774. The number of aliphatic carboxylic acids is 1. The molecule has 0 saturated heterocycles. The molecule has 1 atom stereocenters. The molecule has 128 valence electrons. The normalized spacial score (nSPS) is 12.2. The zero-order chi connectivity index (χ0) is 18.0. The van der Waals surface area contributed by atoms with Gasteiger partial charge in [-0.3, -0.25) is 4.79 Å². The van der Waals surface area contributed by atoms with Crippen LogP contribution in [0.15, 0.2) is 28.7 Å². The second kappa shape index (κ2) is 6.91. The van der Waals surface area contributed by atoms with Crippen LogP contribution in [-0.4, -0.2) is 17.0 Å². The Balaban J connectivity index is 2.33. The number of carbonyl (C=O) groups excluding carboxylic acids is 1. The summed E-state index contributed by atoms with van der Waals surface area (Å²) in [5.41, 5.74) is 2.79. The lowest BCUT2D eigenvalue weighted by Crippen LogP contribution is -2.34. The molecule has 2 rings (SSSR count). The van der Waals surface area contributed by atoms with Crippen molar-refractivity contribution in [3.8, 4) is 0 Å². The quantitative estimate of drug-likeness (QED) is 0.872. The Morgan fingerprint density at radius 1 is 1.17 bits per heavy atom. The first-order valence-corrected chi connectivity index (χ1v) is 7.92. The number of rotatable bonds is 5. The highest BCUT2D eigenvalue weighted by Gasteiger charge is 2.26. The molecular weight excluding hydrogens is 306 g/mol. The van der Waals surface area contributed by atoms with Gasteiger partial charge >= 0.3 is 5.97 Å². The van der Waals surface area contributed by atoms with Crippen LogP contribution in [0.4, 0.5) is 0 Å². The van der Waals surface area contributed by atoms with Crippen molar-refractivity contribution in [3.05, 3.63) is 58.0 Å². The van der Waals surface area contributed by atoms with Crippen molar-refractivity contribution in [2.24, 2.45) is 0 Å². The zero-order valence-corrected chi connectivity index (χ0v) is 14.6. The maximum absolute atomic E-state index is 12.6. The molecule has 0 saturated carbocycles. The van der Waals surface area contributed by atoms with Crippen molar-refractivity contribution >= 4 is 11.9 Å². The van der Waals surface area contributed by atoms with Gasteiger partial charge in [0.1, 0.15) is 11.5 Å². The van der Waals surface area contributed by atoms with Crippen LogP contribution in [-0.2, 0) is 4.79 Å². The van der Waals surface area contributed by atoms with E-state index in [1.807, 2.05) is 33.8 Å².